The zero-order valence-corrected chi connectivity index (χ0v) is 8.07. The van der Waals surface area contributed by atoms with E-state index in [1.54, 1.807) is 0 Å². The van der Waals surface area contributed by atoms with Crippen molar-refractivity contribution in [3.63, 3.8) is 0 Å². The summed E-state index contributed by atoms with van der Waals surface area (Å²) < 4.78 is 38.1. The number of hydrogen-bond acceptors (Lipinski definition) is 5. The maximum Gasteiger partial charge on any atom is 0.508 e. The molecule has 1 atom stereocenters. The molecule has 1 N–H and O–H groups in total. The molecule has 1 aliphatic heterocycles. The topological polar surface area (TPSA) is 89.9 Å². The van der Waals surface area contributed by atoms with E-state index >= 15 is 0 Å². The second kappa shape index (κ2) is 4.43. The lowest BCUT2D eigenvalue weighted by molar-refractivity contribution is 0.118. The maximum absolute atomic E-state index is 10.4. The highest BCUT2D eigenvalue weighted by Crippen LogP contribution is 2.09. The van der Waals surface area contributed by atoms with Crippen LogP contribution in [0, 0.1) is 0 Å². The molecule has 0 amide bonds. The molecule has 0 aromatic rings. The number of carbonyl (C=O) groups is 1. The Morgan fingerprint density at radius 2 is 2.21 bits per heavy atom. The Labute approximate surface area is 81.3 Å². The third-order valence-electron chi connectivity index (χ3n) is 1.52. The van der Waals surface area contributed by atoms with Crippen LogP contribution >= 0.6 is 0 Å². The molecule has 1 saturated heterocycles. The van der Waals surface area contributed by atoms with Crippen molar-refractivity contribution < 1.29 is 27.2 Å². The van der Waals surface area contributed by atoms with Gasteiger partial charge in [-0.3, -0.25) is 4.55 Å². The average Bonchev–Trinajstić information content (AvgIpc) is 2.44. The molecule has 0 bridgehead atoms. The molecule has 1 heterocycles. The number of hydrogen-bond donors (Lipinski definition) is 1. The predicted molar refractivity (Wildman–Crippen MR) is 46.4 cm³/mol. The molecule has 1 rings (SSSR count). The molecular formula is C7H10O6S. The van der Waals surface area contributed by atoms with Crippen LogP contribution in [0.2, 0.25) is 0 Å². The van der Waals surface area contributed by atoms with E-state index in [2.05, 4.69) is 9.47 Å². The monoisotopic (exact) mass is 222 g/mol. The highest BCUT2D eigenvalue weighted by Gasteiger charge is 2.23. The van der Waals surface area contributed by atoms with Crippen LogP contribution in [0.5, 0.6) is 0 Å². The van der Waals surface area contributed by atoms with Gasteiger partial charge in [-0.1, -0.05) is 12.2 Å². The summed E-state index contributed by atoms with van der Waals surface area (Å²) in [5, 5.41) is 0. The predicted octanol–water partition coefficient (Wildman–Crippen LogP) is 0.356. The Hall–Kier alpha value is -1.08. The summed E-state index contributed by atoms with van der Waals surface area (Å²) in [5.41, 5.74) is 0. The Bertz CT molecular complexity index is 330. The van der Waals surface area contributed by atoms with Gasteiger partial charge in [-0.05, 0) is 0 Å². The molecule has 7 heteroatoms. The van der Waals surface area contributed by atoms with Crippen molar-refractivity contribution in [2.24, 2.45) is 0 Å². The minimum atomic E-state index is -3.96. The van der Waals surface area contributed by atoms with Gasteiger partial charge in [0.05, 0.1) is 5.75 Å². The van der Waals surface area contributed by atoms with E-state index in [4.69, 9.17) is 4.55 Å². The van der Waals surface area contributed by atoms with Crippen LogP contribution in [-0.2, 0) is 19.6 Å². The van der Waals surface area contributed by atoms with Gasteiger partial charge in [0, 0.05) is 6.42 Å². The van der Waals surface area contributed by atoms with Crippen LogP contribution < -0.4 is 0 Å². The lowest BCUT2D eigenvalue weighted by Gasteiger charge is -1.99. The molecule has 1 unspecified atom stereocenters. The standard InChI is InChI=1S/C7H10O6S/c8-7-12-5-6(13-7)3-1-2-4-14(9,10)11/h1-2,6H,3-5H2,(H,9,10,11). The SMILES string of the molecule is O=C1OCC(CC=CCS(=O)(=O)O)O1. The summed E-state index contributed by atoms with van der Waals surface area (Å²) in [5.74, 6) is -0.436. The Balaban J connectivity index is 2.24. The first kappa shape index (κ1) is 11.0. The van der Waals surface area contributed by atoms with Gasteiger partial charge in [0.1, 0.15) is 12.7 Å². The average molecular weight is 222 g/mol. The van der Waals surface area contributed by atoms with Crippen molar-refractivity contribution >= 4 is 16.3 Å². The van der Waals surface area contributed by atoms with Crippen molar-refractivity contribution in [1.29, 1.82) is 0 Å². The van der Waals surface area contributed by atoms with Gasteiger partial charge in [0.2, 0.25) is 0 Å². The summed E-state index contributed by atoms with van der Waals surface area (Å²) in [7, 11) is -3.96. The zero-order chi connectivity index (χ0) is 10.6. The molecule has 0 radical (unpaired) electrons. The Morgan fingerprint density at radius 3 is 2.71 bits per heavy atom. The quantitative estimate of drug-likeness (QED) is 0.419. The second-order valence-corrected chi connectivity index (χ2v) is 4.25. The highest BCUT2D eigenvalue weighted by atomic mass is 32.2. The first-order chi connectivity index (χ1) is 6.47. The van der Waals surface area contributed by atoms with Gasteiger partial charge in [-0.15, -0.1) is 0 Å². The summed E-state index contributed by atoms with van der Waals surface area (Å²) in [4.78, 5) is 10.4. The number of rotatable bonds is 4. The van der Waals surface area contributed by atoms with Crippen molar-refractivity contribution in [3.8, 4) is 0 Å². The largest absolute Gasteiger partial charge is 0.508 e. The van der Waals surface area contributed by atoms with E-state index in [9.17, 15) is 13.2 Å². The van der Waals surface area contributed by atoms with E-state index in [-0.39, 0.29) is 12.7 Å². The van der Waals surface area contributed by atoms with E-state index in [1.807, 2.05) is 0 Å². The molecule has 0 aromatic carbocycles. The van der Waals surface area contributed by atoms with Crippen LogP contribution in [0.15, 0.2) is 12.2 Å². The summed E-state index contributed by atoms with van der Waals surface area (Å²) in [6.45, 7) is 0.176. The molecule has 80 valence electrons. The van der Waals surface area contributed by atoms with E-state index in [0.29, 0.717) is 6.42 Å². The van der Waals surface area contributed by atoms with Gasteiger partial charge in [-0.2, -0.15) is 8.42 Å². The molecule has 0 saturated carbocycles. The van der Waals surface area contributed by atoms with Crippen LogP contribution in [0.4, 0.5) is 4.79 Å². The van der Waals surface area contributed by atoms with Gasteiger partial charge in [0.15, 0.2) is 0 Å². The third kappa shape index (κ3) is 4.24. The molecule has 0 aromatic heterocycles. The van der Waals surface area contributed by atoms with Crippen molar-refractivity contribution in [1.82, 2.24) is 0 Å². The molecule has 6 nitrogen and oxygen atoms in total. The molecule has 14 heavy (non-hydrogen) atoms. The highest BCUT2D eigenvalue weighted by molar-refractivity contribution is 7.85. The summed E-state index contributed by atoms with van der Waals surface area (Å²) in [6.07, 6.45) is 2.11. The fourth-order valence-electron chi connectivity index (χ4n) is 0.919. The maximum atomic E-state index is 10.4. The first-order valence-corrected chi connectivity index (χ1v) is 5.52. The minimum absolute atomic E-state index is 0.176. The lowest BCUT2D eigenvalue weighted by atomic mass is 10.2. The van der Waals surface area contributed by atoms with Crippen molar-refractivity contribution in [2.45, 2.75) is 12.5 Å². The fraction of sp³-hybridized carbons (Fsp3) is 0.571. The smallest absolute Gasteiger partial charge is 0.430 e. The van der Waals surface area contributed by atoms with Crippen LogP contribution in [0.25, 0.3) is 0 Å². The number of carbonyl (C=O) groups excluding carboxylic acids is 1. The lowest BCUT2D eigenvalue weighted by Crippen LogP contribution is -2.08. The molecule has 0 spiro atoms. The molecule has 1 fully saturated rings. The normalized spacial score (nSPS) is 22.4. The van der Waals surface area contributed by atoms with Crippen LogP contribution in [-0.4, -0.2) is 37.6 Å². The van der Waals surface area contributed by atoms with Crippen LogP contribution in [0.3, 0.4) is 0 Å². The zero-order valence-electron chi connectivity index (χ0n) is 7.25. The van der Waals surface area contributed by atoms with Crippen molar-refractivity contribution in [3.05, 3.63) is 12.2 Å². The van der Waals surface area contributed by atoms with Gasteiger partial charge >= 0.3 is 6.16 Å². The number of cyclic esters (lactones) is 2. The number of ether oxygens (including phenoxy) is 2. The van der Waals surface area contributed by atoms with Gasteiger partial charge in [-0.25, -0.2) is 4.79 Å². The van der Waals surface area contributed by atoms with Gasteiger partial charge < -0.3 is 9.47 Å². The van der Waals surface area contributed by atoms with Gasteiger partial charge in [0.25, 0.3) is 10.1 Å². The van der Waals surface area contributed by atoms with E-state index in [0.717, 1.165) is 0 Å². The summed E-state index contributed by atoms with van der Waals surface area (Å²) >= 11 is 0. The van der Waals surface area contributed by atoms with E-state index in [1.165, 1.54) is 12.2 Å². The fourth-order valence-corrected chi connectivity index (χ4v) is 1.30. The van der Waals surface area contributed by atoms with Crippen molar-refractivity contribution in [2.75, 3.05) is 12.4 Å². The summed E-state index contributed by atoms with van der Waals surface area (Å²) in [6, 6.07) is 0. The Morgan fingerprint density at radius 1 is 1.50 bits per heavy atom. The first-order valence-electron chi connectivity index (χ1n) is 3.91. The molecular weight excluding hydrogens is 212 g/mol. The molecule has 1 aliphatic rings. The van der Waals surface area contributed by atoms with Crippen LogP contribution in [0.1, 0.15) is 6.42 Å². The Kier molecular flexibility index (Phi) is 3.48. The third-order valence-corrected chi connectivity index (χ3v) is 2.14. The second-order valence-electron chi connectivity index (χ2n) is 2.76. The minimum Gasteiger partial charge on any atom is -0.430 e. The molecule has 0 aliphatic carbocycles. The van der Waals surface area contributed by atoms with E-state index < -0.39 is 22.0 Å².